The first kappa shape index (κ1) is 14.4. The number of hydrogen-bond acceptors (Lipinski definition) is 4. The summed E-state index contributed by atoms with van der Waals surface area (Å²) >= 11 is 0. The van der Waals surface area contributed by atoms with E-state index in [0.717, 1.165) is 10.8 Å². The highest BCUT2D eigenvalue weighted by atomic mass is 16.7. The minimum atomic E-state index is -1.08. The molecule has 1 amide bonds. The van der Waals surface area contributed by atoms with Gasteiger partial charge in [-0.05, 0) is 30.6 Å². The first-order chi connectivity index (χ1) is 9.63. The van der Waals surface area contributed by atoms with Crippen molar-refractivity contribution in [3.63, 3.8) is 0 Å². The van der Waals surface area contributed by atoms with Gasteiger partial charge in [-0.15, -0.1) is 0 Å². The summed E-state index contributed by atoms with van der Waals surface area (Å²) in [5, 5.41) is 10.8. The highest BCUT2D eigenvalue weighted by molar-refractivity contribution is 6.40. The van der Waals surface area contributed by atoms with Crippen LogP contribution in [0.25, 0.3) is 10.8 Å². The van der Waals surface area contributed by atoms with E-state index >= 15 is 0 Å². The van der Waals surface area contributed by atoms with Crippen molar-refractivity contribution in [2.24, 2.45) is 0 Å². The second kappa shape index (κ2) is 6.41. The lowest BCUT2D eigenvalue weighted by atomic mass is 9.98. The van der Waals surface area contributed by atoms with Gasteiger partial charge in [0.15, 0.2) is 0 Å². The van der Waals surface area contributed by atoms with Crippen molar-refractivity contribution in [2.75, 3.05) is 6.61 Å². The average molecular weight is 273 g/mol. The minimum Gasteiger partial charge on any atom is -0.493 e. The van der Waals surface area contributed by atoms with Crippen molar-refractivity contribution in [2.45, 2.75) is 13.7 Å². The van der Waals surface area contributed by atoms with Crippen LogP contribution in [0.3, 0.4) is 0 Å². The summed E-state index contributed by atoms with van der Waals surface area (Å²) in [6, 6.07) is 11.2. The zero-order valence-electron chi connectivity index (χ0n) is 11.4. The molecule has 2 aromatic rings. The number of benzene rings is 2. The zero-order valence-corrected chi connectivity index (χ0v) is 11.4. The van der Waals surface area contributed by atoms with Crippen LogP contribution in [-0.2, 0) is 4.76 Å². The number of carbonyl (C=O) groups is 1. The van der Waals surface area contributed by atoms with Gasteiger partial charge in [0.1, 0.15) is 5.75 Å². The molecule has 2 N–H and O–H groups in total. The molecule has 0 aliphatic rings. The highest BCUT2D eigenvalue weighted by Crippen LogP contribution is 2.28. The van der Waals surface area contributed by atoms with Crippen LogP contribution in [0.1, 0.15) is 17.3 Å². The van der Waals surface area contributed by atoms with Gasteiger partial charge in [-0.25, -0.2) is 5.48 Å². The molecule has 104 valence electrons. The normalized spacial score (nSPS) is 10.3. The van der Waals surface area contributed by atoms with Crippen molar-refractivity contribution in [3.05, 3.63) is 42.0 Å². The predicted molar refractivity (Wildman–Crippen MR) is 77.5 cm³/mol. The van der Waals surface area contributed by atoms with Crippen LogP contribution in [0.15, 0.2) is 36.4 Å². The summed E-state index contributed by atoms with van der Waals surface area (Å²) in [6.45, 7) is 3.71. The number of hydrogen-bond donors (Lipinski definition) is 2. The van der Waals surface area contributed by atoms with Crippen LogP contribution in [-0.4, -0.2) is 24.7 Å². The second-order valence-corrected chi connectivity index (χ2v) is 4.24. The Morgan fingerprint density at radius 2 is 2.05 bits per heavy atom. The zero-order chi connectivity index (χ0) is 14.5. The molecule has 0 aliphatic heterocycles. The van der Waals surface area contributed by atoms with Crippen LogP contribution >= 0.6 is 0 Å². The minimum absolute atomic E-state index is 0.394. The Hall–Kier alpha value is -2.05. The third-order valence-corrected chi connectivity index (χ3v) is 2.74. The first-order valence-electron chi connectivity index (χ1n) is 6.42. The molecule has 0 heterocycles. The number of fused-ring (bicyclic) bond motifs is 1. The molecular weight excluding hydrogens is 257 g/mol. The van der Waals surface area contributed by atoms with Crippen molar-refractivity contribution >= 4 is 23.8 Å². The molecule has 0 saturated carbocycles. The molecule has 0 unspecified atom stereocenters. The number of nitrogens with one attached hydrogen (secondary N) is 1. The standard InChI is InChI=1S/C14H16BNO4/c1-3-19-12-9-8-10-6-4-5-7-11(10)13(12)14(17)16-20-15(2)18/h4-9,18H,3H2,1-2H3,(H,16,17). The lowest BCUT2D eigenvalue weighted by Gasteiger charge is -2.13. The van der Waals surface area contributed by atoms with Gasteiger partial charge in [0.2, 0.25) is 0 Å². The van der Waals surface area contributed by atoms with Crippen molar-refractivity contribution < 1.29 is 19.3 Å². The summed E-state index contributed by atoms with van der Waals surface area (Å²) in [5.74, 6) is 0.0315. The summed E-state index contributed by atoms with van der Waals surface area (Å²) in [4.78, 5) is 12.2. The first-order valence-corrected chi connectivity index (χ1v) is 6.42. The van der Waals surface area contributed by atoms with Crippen LogP contribution in [0, 0.1) is 0 Å². The molecule has 0 fully saturated rings. The van der Waals surface area contributed by atoms with Gasteiger partial charge in [0.25, 0.3) is 5.91 Å². The van der Waals surface area contributed by atoms with E-state index in [0.29, 0.717) is 17.9 Å². The van der Waals surface area contributed by atoms with Crippen LogP contribution in [0.4, 0.5) is 0 Å². The number of hydroxylamine groups is 1. The van der Waals surface area contributed by atoms with E-state index in [-0.39, 0.29) is 0 Å². The summed E-state index contributed by atoms with van der Waals surface area (Å²) in [7, 11) is -1.08. The number of ether oxygens (including phenoxy) is 1. The van der Waals surface area contributed by atoms with Crippen LogP contribution in [0.2, 0.25) is 6.82 Å². The molecule has 0 spiro atoms. The smallest absolute Gasteiger partial charge is 0.475 e. The molecule has 0 atom stereocenters. The fraction of sp³-hybridized carbons (Fsp3) is 0.214. The van der Waals surface area contributed by atoms with Gasteiger partial charge in [-0.3, -0.25) is 9.55 Å². The van der Waals surface area contributed by atoms with Gasteiger partial charge in [-0.2, -0.15) is 0 Å². The molecule has 2 aromatic carbocycles. The Morgan fingerprint density at radius 1 is 1.30 bits per heavy atom. The van der Waals surface area contributed by atoms with Crippen molar-refractivity contribution in [1.82, 2.24) is 5.48 Å². The van der Waals surface area contributed by atoms with Gasteiger partial charge in [-0.1, -0.05) is 30.3 Å². The van der Waals surface area contributed by atoms with E-state index in [4.69, 9.17) is 14.5 Å². The average Bonchev–Trinajstić information content (AvgIpc) is 2.45. The molecular formula is C14H16BNO4. The monoisotopic (exact) mass is 273 g/mol. The Kier molecular flexibility index (Phi) is 4.60. The molecule has 0 aliphatic carbocycles. The Labute approximate surface area is 117 Å². The quantitative estimate of drug-likeness (QED) is 0.646. The van der Waals surface area contributed by atoms with E-state index in [1.807, 2.05) is 37.3 Å². The summed E-state index contributed by atoms with van der Waals surface area (Å²) in [6.07, 6.45) is 0. The van der Waals surface area contributed by atoms with E-state index in [2.05, 4.69) is 5.48 Å². The molecule has 0 aromatic heterocycles. The van der Waals surface area contributed by atoms with Gasteiger partial charge >= 0.3 is 7.12 Å². The fourth-order valence-electron chi connectivity index (χ4n) is 1.95. The summed E-state index contributed by atoms with van der Waals surface area (Å²) < 4.78 is 10.2. The number of rotatable bonds is 5. The van der Waals surface area contributed by atoms with E-state index < -0.39 is 13.0 Å². The Bertz CT molecular complexity index is 615. The lowest BCUT2D eigenvalue weighted by molar-refractivity contribution is 0.0714. The van der Waals surface area contributed by atoms with Gasteiger partial charge < -0.3 is 9.76 Å². The van der Waals surface area contributed by atoms with E-state index in [1.165, 1.54) is 6.82 Å². The van der Waals surface area contributed by atoms with Crippen molar-refractivity contribution in [1.29, 1.82) is 0 Å². The van der Waals surface area contributed by atoms with E-state index in [1.54, 1.807) is 6.07 Å². The maximum atomic E-state index is 12.2. The molecule has 6 heteroatoms. The number of carbonyl (C=O) groups excluding carboxylic acids is 1. The molecule has 0 radical (unpaired) electrons. The maximum Gasteiger partial charge on any atom is 0.475 e. The third-order valence-electron chi connectivity index (χ3n) is 2.74. The van der Waals surface area contributed by atoms with E-state index in [9.17, 15) is 4.79 Å². The Morgan fingerprint density at radius 3 is 2.75 bits per heavy atom. The van der Waals surface area contributed by atoms with Crippen LogP contribution in [0.5, 0.6) is 5.75 Å². The summed E-state index contributed by atoms with van der Waals surface area (Å²) in [5.41, 5.74) is 2.61. The topological polar surface area (TPSA) is 67.8 Å². The Balaban J connectivity index is 2.46. The predicted octanol–water partition coefficient (Wildman–Crippen LogP) is 2.01. The van der Waals surface area contributed by atoms with Crippen LogP contribution < -0.4 is 10.2 Å². The molecule has 5 nitrogen and oxygen atoms in total. The molecule has 20 heavy (non-hydrogen) atoms. The lowest BCUT2D eigenvalue weighted by Crippen LogP contribution is -2.31. The maximum absolute atomic E-state index is 12.2. The third kappa shape index (κ3) is 3.09. The number of amides is 1. The largest absolute Gasteiger partial charge is 0.493 e. The molecule has 0 saturated heterocycles. The molecule has 2 rings (SSSR count). The highest BCUT2D eigenvalue weighted by Gasteiger charge is 2.18. The fourth-order valence-corrected chi connectivity index (χ4v) is 1.95. The SMILES string of the molecule is CCOc1ccc2ccccc2c1C(=O)NOB(C)O. The van der Waals surface area contributed by atoms with Gasteiger partial charge in [0, 0.05) is 0 Å². The van der Waals surface area contributed by atoms with Crippen molar-refractivity contribution in [3.8, 4) is 5.75 Å². The molecule has 0 bridgehead atoms. The van der Waals surface area contributed by atoms with Gasteiger partial charge in [0.05, 0.1) is 12.2 Å². The second-order valence-electron chi connectivity index (χ2n) is 4.24.